The monoisotopic (exact) mass is 518 g/mol. The zero-order valence-electron chi connectivity index (χ0n) is 26.7. The fourth-order valence-electron chi connectivity index (χ4n) is 8.21. The highest BCUT2D eigenvalue weighted by Crippen LogP contribution is 2.49. The summed E-state index contributed by atoms with van der Waals surface area (Å²) >= 11 is 0. The maximum Gasteiger partial charge on any atom is 0.00412 e. The number of likely N-dealkylation sites (tertiary alicyclic amines) is 3. The van der Waals surface area contributed by atoms with Crippen molar-refractivity contribution in [2.75, 3.05) is 39.3 Å². The van der Waals surface area contributed by atoms with Crippen molar-refractivity contribution in [3.05, 3.63) is 0 Å². The molecule has 37 heavy (non-hydrogen) atoms. The van der Waals surface area contributed by atoms with Crippen LogP contribution < -0.4 is 0 Å². The van der Waals surface area contributed by atoms with Crippen molar-refractivity contribution in [1.82, 2.24) is 14.7 Å². The van der Waals surface area contributed by atoms with Crippen molar-refractivity contribution in [3.63, 3.8) is 0 Å². The van der Waals surface area contributed by atoms with Gasteiger partial charge in [-0.05, 0) is 142 Å². The van der Waals surface area contributed by atoms with Crippen LogP contribution in [0.4, 0.5) is 0 Å². The normalized spacial score (nSPS) is 28.0. The smallest absolute Gasteiger partial charge is 0.00412 e. The van der Waals surface area contributed by atoms with Gasteiger partial charge in [0.05, 0.1) is 0 Å². The van der Waals surface area contributed by atoms with Crippen LogP contribution in [0.2, 0.25) is 0 Å². The maximum absolute atomic E-state index is 2.67. The predicted molar refractivity (Wildman–Crippen MR) is 163 cm³/mol. The van der Waals surface area contributed by atoms with Crippen molar-refractivity contribution in [2.45, 2.75) is 163 Å². The van der Waals surface area contributed by atoms with Crippen molar-refractivity contribution >= 4 is 0 Å². The van der Waals surface area contributed by atoms with Crippen molar-refractivity contribution in [1.29, 1.82) is 0 Å². The zero-order valence-corrected chi connectivity index (χ0v) is 26.7. The lowest BCUT2D eigenvalue weighted by molar-refractivity contribution is 0.00642. The third-order valence-electron chi connectivity index (χ3n) is 11.3. The largest absolute Gasteiger partial charge is 0.300 e. The Labute approximate surface area is 233 Å². The van der Waals surface area contributed by atoms with E-state index in [2.05, 4.69) is 56.2 Å². The molecule has 3 spiro atoms. The standard InChI is InChI=1S/2C11H21N.C10H19N.C2H6/c1-10(2)12-8-4-7-11(9-12)5-3-6-11;1-10(2)12-8-7-11(9-12)5-3-4-6-11;1-9(2)11-7-6-10(8-11)4-3-5-10;1-2/h2*10H,3-9H2,1-2H3;9H,3-8H2,1-2H3;1-2H3. The molecule has 6 fully saturated rings. The van der Waals surface area contributed by atoms with Gasteiger partial charge in [0.25, 0.3) is 0 Å². The Balaban J connectivity index is 0.000000149. The molecule has 0 bridgehead atoms. The third-order valence-corrected chi connectivity index (χ3v) is 11.3. The molecule has 218 valence electrons. The quantitative estimate of drug-likeness (QED) is 0.371. The van der Waals surface area contributed by atoms with Crippen LogP contribution >= 0.6 is 0 Å². The second-order valence-electron chi connectivity index (χ2n) is 14.7. The molecule has 3 aliphatic heterocycles. The van der Waals surface area contributed by atoms with E-state index in [-0.39, 0.29) is 0 Å². The Morgan fingerprint density at radius 3 is 0.973 bits per heavy atom. The second-order valence-corrected chi connectivity index (χ2v) is 14.7. The number of piperidine rings is 1. The summed E-state index contributed by atoms with van der Waals surface area (Å²) in [5.74, 6) is 0. The van der Waals surface area contributed by atoms with Gasteiger partial charge in [0.2, 0.25) is 0 Å². The van der Waals surface area contributed by atoms with E-state index in [1.807, 2.05) is 13.8 Å². The van der Waals surface area contributed by atoms with Gasteiger partial charge in [-0.1, -0.05) is 39.5 Å². The highest BCUT2D eigenvalue weighted by Gasteiger charge is 2.43. The summed E-state index contributed by atoms with van der Waals surface area (Å²) in [6, 6.07) is 2.31. The molecular formula is C34H67N3. The fraction of sp³-hybridized carbons (Fsp3) is 1.00. The van der Waals surface area contributed by atoms with E-state index in [0.717, 1.165) is 34.4 Å². The first-order chi connectivity index (χ1) is 17.7. The van der Waals surface area contributed by atoms with Crippen LogP contribution in [0.5, 0.6) is 0 Å². The highest BCUT2D eigenvalue weighted by molar-refractivity contribution is 4.97. The van der Waals surface area contributed by atoms with E-state index in [1.54, 1.807) is 0 Å². The molecule has 0 aromatic heterocycles. The van der Waals surface area contributed by atoms with Crippen LogP contribution in [-0.4, -0.2) is 72.1 Å². The SMILES string of the molecule is CC.CC(C)N1CCC2(CCC2)C1.CC(C)N1CCC2(CCCC2)C1.CC(C)N1CCCC2(CCC2)C1. The van der Waals surface area contributed by atoms with Crippen LogP contribution in [-0.2, 0) is 0 Å². The first-order valence-electron chi connectivity index (χ1n) is 16.9. The van der Waals surface area contributed by atoms with Gasteiger partial charge in [-0.2, -0.15) is 0 Å². The van der Waals surface area contributed by atoms with Gasteiger partial charge in [0.15, 0.2) is 0 Å². The molecule has 3 aliphatic carbocycles. The van der Waals surface area contributed by atoms with Crippen molar-refractivity contribution < 1.29 is 0 Å². The minimum Gasteiger partial charge on any atom is -0.300 e. The number of hydrogen-bond donors (Lipinski definition) is 0. The summed E-state index contributed by atoms with van der Waals surface area (Å²) in [6.07, 6.45) is 20.9. The van der Waals surface area contributed by atoms with E-state index in [1.165, 1.54) is 129 Å². The van der Waals surface area contributed by atoms with E-state index in [4.69, 9.17) is 0 Å². The summed E-state index contributed by atoms with van der Waals surface area (Å²) in [5.41, 5.74) is 2.34. The summed E-state index contributed by atoms with van der Waals surface area (Å²) in [4.78, 5) is 7.97. The molecule has 3 heterocycles. The number of nitrogens with zero attached hydrogens (tertiary/aromatic N) is 3. The highest BCUT2D eigenvalue weighted by atomic mass is 15.2. The Hall–Kier alpha value is -0.120. The molecule has 6 aliphatic rings. The predicted octanol–water partition coefficient (Wildman–Crippen LogP) is 8.62. The van der Waals surface area contributed by atoms with Crippen molar-refractivity contribution in [2.24, 2.45) is 16.2 Å². The van der Waals surface area contributed by atoms with Crippen LogP contribution in [0.15, 0.2) is 0 Å². The average molecular weight is 518 g/mol. The van der Waals surface area contributed by atoms with Crippen LogP contribution in [0.1, 0.15) is 145 Å². The average Bonchev–Trinajstić information content (AvgIpc) is 3.61. The maximum atomic E-state index is 2.67. The molecule has 3 saturated heterocycles. The van der Waals surface area contributed by atoms with Gasteiger partial charge in [-0.15, -0.1) is 0 Å². The topological polar surface area (TPSA) is 9.72 Å². The van der Waals surface area contributed by atoms with Gasteiger partial charge in [-0.25, -0.2) is 0 Å². The lowest BCUT2D eigenvalue weighted by Gasteiger charge is -2.50. The fourth-order valence-corrected chi connectivity index (χ4v) is 8.21. The minimum atomic E-state index is 0.766. The van der Waals surface area contributed by atoms with Gasteiger partial charge in [0.1, 0.15) is 0 Å². The first kappa shape index (κ1) is 31.4. The van der Waals surface area contributed by atoms with E-state index in [9.17, 15) is 0 Å². The lowest BCUT2D eigenvalue weighted by Crippen LogP contribution is -2.49. The molecule has 0 atom stereocenters. The molecule has 3 heteroatoms. The van der Waals surface area contributed by atoms with E-state index >= 15 is 0 Å². The summed E-state index contributed by atoms with van der Waals surface area (Å²) < 4.78 is 0. The molecule has 0 radical (unpaired) electrons. The molecule has 6 rings (SSSR count). The van der Waals surface area contributed by atoms with Crippen LogP contribution in [0.3, 0.4) is 0 Å². The molecule has 3 saturated carbocycles. The number of rotatable bonds is 3. The van der Waals surface area contributed by atoms with Crippen LogP contribution in [0.25, 0.3) is 0 Å². The molecule has 0 aromatic carbocycles. The first-order valence-corrected chi connectivity index (χ1v) is 16.9. The van der Waals surface area contributed by atoms with Gasteiger partial charge >= 0.3 is 0 Å². The number of hydrogen-bond acceptors (Lipinski definition) is 3. The molecule has 0 unspecified atom stereocenters. The summed E-state index contributed by atoms with van der Waals surface area (Å²) in [7, 11) is 0. The Kier molecular flexibility index (Phi) is 11.9. The third kappa shape index (κ3) is 8.20. The molecule has 3 nitrogen and oxygen atoms in total. The molecule has 0 amide bonds. The lowest BCUT2D eigenvalue weighted by atomic mass is 9.64. The van der Waals surface area contributed by atoms with Crippen molar-refractivity contribution in [3.8, 4) is 0 Å². The second kappa shape index (κ2) is 14.0. The van der Waals surface area contributed by atoms with Gasteiger partial charge in [-0.3, -0.25) is 0 Å². The summed E-state index contributed by atoms with van der Waals surface area (Å²) in [6.45, 7) is 26.2. The van der Waals surface area contributed by atoms with Gasteiger partial charge < -0.3 is 14.7 Å². The molecule has 0 aromatic rings. The molecular weight excluding hydrogens is 450 g/mol. The Bertz CT molecular complexity index is 639. The zero-order chi connectivity index (χ0) is 27.1. The van der Waals surface area contributed by atoms with Gasteiger partial charge in [0, 0.05) is 37.8 Å². The van der Waals surface area contributed by atoms with Crippen LogP contribution in [0, 0.1) is 16.2 Å². The van der Waals surface area contributed by atoms with E-state index < -0.39 is 0 Å². The molecule has 0 N–H and O–H groups in total. The summed E-state index contributed by atoms with van der Waals surface area (Å²) in [5, 5.41) is 0. The minimum absolute atomic E-state index is 0.766. The Morgan fingerprint density at radius 1 is 0.378 bits per heavy atom. The van der Waals surface area contributed by atoms with E-state index in [0.29, 0.717) is 0 Å². The Morgan fingerprint density at radius 2 is 0.676 bits per heavy atom.